The predicted molar refractivity (Wildman–Crippen MR) is 110 cm³/mol. The molecule has 0 aliphatic heterocycles. The molecule has 2 aromatic carbocycles. The SMILES string of the molecule is COc1cc(CCC(=O)OCC(=O)Nc2ccc(C(C)=O)cc2)cc(OC)c1OC. The molecule has 0 spiro atoms. The first-order valence-corrected chi connectivity index (χ1v) is 9.23. The van der Waals surface area contributed by atoms with Crippen molar-refractivity contribution < 1.29 is 33.3 Å². The van der Waals surface area contributed by atoms with Crippen molar-refractivity contribution in [1.82, 2.24) is 0 Å². The van der Waals surface area contributed by atoms with Crippen LogP contribution in [-0.4, -0.2) is 45.6 Å². The van der Waals surface area contributed by atoms with Gasteiger partial charge in [0.2, 0.25) is 5.75 Å². The molecular formula is C22H25NO7. The Morgan fingerprint density at radius 2 is 1.50 bits per heavy atom. The second-order valence-electron chi connectivity index (χ2n) is 6.38. The molecule has 2 rings (SSSR count). The van der Waals surface area contributed by atoms with Crippen molar-refractivity contribution in [2.24, 2.45) is 0 Å². The molecule has 0 aliphatic rings. The van der Waals surface area contributed by atoms with Crippen LogP contribution in [0, 0.1) is 0 Å². The fourth-order valence-corrected chi connectivity index (χ4v) is 2.73. The van der Waals surface area contributed by atoms with Crippen LogP contribution in [0.3, 0.4) is 0 Å². The van der Waals surface area contributed by atoms with E-state index in [0.717, 1.165) is 5.56 Å². The Bertz CT molecular complexity index is 881. The first-order chi connectivity index (χ1) is 14.4. The van der Waals surface area contributed by atoms with Crippen LogP contribution in [0.4, 0.5) is 5.69 Å². The highest BCUT2D eigenvalue weighted by atomic mass is 16.5. The molecule has 1 amide bonds. The molecule has 2 aromatic rings. The van der Waals surface area contributed by atoms with E-state index in [9.17, 15) is 14.4 Å². The van der Waals surface area contributed by atoms with Gasteiger partial charge < -0.3 is 24.3 Å². The van der Waals surface area contributed by atoms with Gasteiger partial charge in [-0.15, -0.1) is 0 Å². The molecule has 8 nitrogen and oxygen atoms in total. The highest BCUT2D eigenvalue weighted by molar-refractivity contribution is 5.96. The minimum Gasteiger partial charge on any atom is -0.493 e. The Labute approximate surface area is 175 Å². The van der Waals surface area contributed by atoms with E-state index >= 15 is 0 Å². The van der Waals surface area contributed by atoms with E-state index in [4.69, 9.17) is 18.9 Å². The number of hydrogen-bond donors (Lipinski definition) is 1. The Morgan fingerprint density at radius 1 is 0.900 bits per heavy atom. The minimum atomic E-state index is -0.508. The normalized spacial score (nSPS) is 10.1. The molecule has 0 aromatic heterocycles. The zero-order valence-corrected chi connectivity index (χ0v) is 17.4. The monoisotopic (exact) mass is 415 g/mol. The third-order valence-corrected chi connectivity index (χ3v) is 4.28. The number of carbonyl (C=O) groups is 3. The van der Waals surface area contributed by atoms with E-state index in [2.05, 4.69) is 5.32 Å². The maximum absolute atomic E-state index is 12.0. The van der Waals surface area contributed by atoms with Crippen LogP contribution in [0.2, 0.25) is 0 Å². The topological polar surface area (TPSA) is 100 Å². The van der Waals surface area contributed by atoms with Crippen LogP contribution in [0.15, 0.2) is 36.4 Å². The third-order valence-electron chi connectivity index (χ3n) is 4.28. The van der Waals surface area contributed by atoms with E-state index in [1.54, 1.807) is 36.4 Å². The molecule has 0 radical (unpaired) electrons. The maximum Gasteiger partial charge on any atom is 0.306 e. The van der Waals surface area contributed by atoms with Gasteiger partial charge in [0.05, 0.1) is 21.3 Å². The zero-order chi connectivity index (χ0) is 22.1. The van der Waals surface area contributed by atoms with Gasteiger partial charge in [-0.25, -0.2) is 0 Å². The van der Waals surface area contributed by atoms with E-state index in [1.165, 1.54) is 28.3 Å². The van der Waals surface area contributed by atoms with Crippen molar-refractivity contribution in [1.29, 1.82) is 0 Å². The number of Topliss-reactive ketones (excluding diaryl/α,β-unsaturated/α-hetero) is 1. The summed E-state index contributed by atoms with van der Waals surface area (Å²) in [5.74, 6) is 0.427. The van der Waals surface area contributed by atoms with Crippen molar-refractivity contribution in [3.05, 3.63) is 47.5 Å². The largest absolute Gasteiger partial charge is 0.493 e. The summed E-state index contributed by atoms with van der Waals surface area (Å²) < 4.78 is 20.9. The summed E-state index contributed by atoms with van der Waals surface area (Å²) in [5, 5.41) is 2.61. The minimum absolute atomic E-state index is 0.0612. The lowest BCUT2D eigenvalue weighted by Gasteiger charge is -2.14. The van der Waals surface area contributed by atoms with Crippen molar-refractivity contribution >= 4 is 23.3 Å². The van der Waals surface area contributed by atoms with Crippen molar-refractivity contribution in [2.45, 2.75) is 19.8 Å². The van der Waals surface area contributed by atoms with Crippen molar-refractivity contribution in [3.8, 4) is 17.2 Å². The van der Waals surface area contributed by atoms with Gasteiger partial charge >= 0.3 is 5.97 Å². The smallest absolute Gasteiger partial charge is 0.306 e. The number of nitrogens with one attached hydrogen (secondary N) is 1. The van der Waals surface area contributed by atoms with Gasteiger partial charge in [-0.05, 0) is 55.3 Å². The molecule has 0 unspecified atom stereocenters. The van der Waals surface area contributed by atoms with Gasteiger partial charge in [-0.2, -0.15) is 0 Å². The number of benzene rings is 2. The van der Waals surface area contributed by atoms with Crippen molar-refractivity contribution in [2.75, 3.05) is 33.3 Å². The lowest BCUT2D eigenvalue weighted by atomic mass is 10.1. The third kappa shape index (κ3) is 6.23. The second-order valence-corrected chi connectivity index (χ2v) is 6.38. The molecule has 0 atom stereocenters. The number of aryl methyl sites for hydroxylation is 1. The predicted octanol–water partition coefficient (Wildman–Crippen LogP) is 3.03. The summed E-state index contributed by atoms with van der Waals surface area (Å²) >= 11 is 0. The molecule has 0 heterocycles. The molecule has 0 saturated carbocycles. The number of amides is 1. The summed E-state index contributed by atoms with van der Waals surface area (Å²) in [4.78, 5) is 35.2. The van der Waals surface area contributed by atoms with Gasteiger partial charge in [0.15, 0.2) is 23.9 Å². The Balaban J connectivity index is 1.84. The molecule has 30 heavy (non-hydrogen) atoms. The van der Waals surface area contributed by atoms with Crippen LogP contribution in [0.5, 0.6) is 17.2 Å². The van der Waals surface area contributed by atoms with Crippen LogP contribution in [0.25, 0.3) is 0 Å². The zero-order valence-electron chi connectivity index (χ0n) is 17.4. The van der Waals surface area contributed by atoms with Gasteiger partial charge in [0.1, 0.15) is 0 Å². The molecule has 0 fully saturated rings. The van der Waals surface area contributed by atoms with Gasteiger partial charge in [-0.3, -0.25) is 14.4 Å². The fraction of sp³-hybridized carbons (Fsp3) is 0.318. The number of rotatable bonds is 10. The summed E-state index contributed by atoms with van der Waals surface area (Å²) in [6, 6.07) is 9.96. The lowest BCUT2D eigenvalue weighted by Crippen LogP contribution is -2.21. The summed E-state index contributed by atoms with van der Waals surface area (Å²) in [5.41, 5.74) is 1.86. The Hall–Kier alpha value is -3.55. The van der Waals surface area contributed by atoms with E-state index in [1.807, 2.05) is 0 Å². The number of esters is 1. The molecule has 0 saturated heterocycles. The van der Waals surface area contributed by atoms with E-state index in [0.29, 0.717) is 34.9 Å². The van der Waals surface area contributed by atoms with Gasteiger partial charge in [-0.1, -0.05) is 0 Å². The van der Waals surface area contributed by atoms with Gasteiger partial charge in [0.25, 0.3) is 5.91 Å². The van der Waals surface area contributed by atoms with Crippen LogP contribution >= 0.6 is 0 Å². The first kappa shape index (κ1) is 22.7. The second kappa shape index (κ2) is 10.8. The standard InChI is InChI=1S/C22H25NO7/c1-14(24)16-6-8-17(9-7-16)23-20(25)13-30-21(26)10-5-15-11-18(27-2)22(29-4)19(12-15)28-3/h6-9,11-12H,5,10,13H2,1-4H3,(H,23,25). The number of hydrogen-bond acceptors (Lipinski definition) is 7. The van der Waals surface area contributed by atoms with Crippen LogP contribution in [-0.2, 0) is 20.7 Å². The van der Waals surface area contributed by atoms with Crippen LogP contribution in [0.1, 0.15) is 29.3 Å². The average Bonchev–Trinajstić information content (AvgIpc) is 2.75. The Kier molecular flexibility index (Phi) is 8.22. The van der Waals surface area contributed by atoms with Gasteiger partial charge in [0, 0.05) is 17.7 Å². The number of methoxy groups -OCH3 is 3. The first-order valence-electron chi connectivity index (χ1n) is 9.23. The number of carbonyl (C=O) groups excluding carboxylic acids is 3. The fourth-order valence-electron chi connectivity index (χ4n) is 2.73. The average molecular weight is 415 g/mol. The summed E-state index contributed by atoms with van der Waals surface area (Å²) in [6.45, 7) is 1.06. The lowest BCUT2D eigenvalue weighted by molar-refractivity contribution is -0.147. The maximum atomic E-state index is 12.0. The summed E-state index contributed by atoms with van der Waals surface area (Å²) in [6.07, 6.45) is 0.461. The van der Waals surface area contributed by atoms with E-state index in [-0.39, 0.29) is 12.2 Å². The molecule has 0 aliphatic carbocycles. The van der Waals surface area contributed by atoms with Crippen molar-refractivity contribution in [3.63, 3.8) is 0 Å². The van der Waals surface area contributed by atoms with E-state index < -0.39 is 18.5 Å². The highest BCUT2D eigenvalue weighted by Gasteiger charge is 2.15. The van der Waals surface area contributed by atoms with Crippen LogP contribution < -0.4 is 19.5 Å². The number of ether oxygens (including phenoxy) is 4. The molecule has 160 valence electrons. The Morgan fingerprint density at radius 3 is 2.00 bits per heavy atom. The molecule has 8 heteroatoms. The molecular weight excluding hydrogens is 390 g/mol. The number of ketones is 1. The summed E-state index contributed by atoms with van der Waals surface area (Å²) in [7, 11) is 4.54. The molecule has 0 bridgehead atoms. The molecule has 1 N–H and O–H groups in total. The quantitative estimate of drug-likeness (QED) is 0.470. The number of anilines is 1. The highest BCUT2D eigenvalue weighted by Crippen LogP contribution is 2.38.